The average Bonchev–Trinajstić information content (AvgIpc) is 2.29. The predicted molar refractivity (Wildman–Crippen MR) is 67.7 cm³/mol. The Kier molecular flexibility index (Phi) is 5.55. The molecule has 0 aliphatic rings. The van der Waals surface area contributed by atoms with E-state index in [0.717, 1.165) is 11.5 Å². The van der Waals surface area contributed by atoms with Crippen molar-refractivity contribution >= 4 is 28.5 Å². The van der Waals surface area contributed by atoms with Crippen molar-refractivity contribution in [3.63, 3.8) is 0 Å². The van der Waals surface area contributed by atoms with Crippen molar-refractivity contribution in [1.82, 2.24) is 0 Å². The van der Waals surface area contributed by atoms with Crippen LogP contribution in [0.4, 0.5) is 0 Å². The van der Waals surface area contributed by atoms with Gasteiger partial charge in [-0.2, -0.15) is 11.8 Å². The van der Waals surface area contributed by atoms with E-state index in [0.29, 0.717) is 10.6 Å². The van der Waals surface area contributed by atoms with Crippen molar-refractivity contribution in [2.75, 3.05) is 17.3 Å². The smallest absolute Gasteiger partial charge is 0.336 e. The molecule has 1 N–H and O–H groups in total. The average molecular weight is 258 g/mol. The Morgan fingerprint density at radius 3 is 2.75 bits per heavy atom. The van der Waals surface area contributed by atoms with Crippen LogP contribution in [-0.4, -0.2) is 32.5 Å². The van der Waals surface area contributed by atoms with Crippen LogP contribution in [0, 0.1) is 0 Å². The van der Waals surface area contributed by atoms with Crippen molar-refractivity contribution < 1.29 is 14.1 Å². The van der Waals surface area contributed by atoms with Gasteiger partial charge < -0.3 is 5.11 Å². The molecule has 1 atom stereocenters. The zero-order chi connectivity index (χ0) is 12.0. The van der Waals surface area contributed by atoms with Crippen LogP contribution < -0.4 is 0 Å². The Morgan fingerprint density at radius 1 is 1.44 bits per heavy atom. The zero-order valence-corrected chi connectivity index (χ0v) is 10.6. The summed E-state index contributed by atoms with van der Waals surface area (Å²) in [4.78, 5) is 11.3. The van der Waals surface area contributed by atoms with E-state index < -0.39 is 16.8 Å². The van der Waals surface area contributed by atoms with E-state index in [9.17, 15) is 9.00 Å². The minimum Gasteiger partial charge on any atom is -0.478 e. The Morgan fingerprint density at radius 2 is 2.12 bits per heavy atom. The van der Waals surface area contributed by atoms with Gasteiger partial charge in [-0.25, -0.2) is 4.79 Å². The summed E-state index contributed by atoms with van der Waals surface area (Å²) in [6.07, 6.45) is 0. The number of carbonyl (C=O) groups is 1. The molecule has 0 spiro atoms. The third-order valence-corrected chi connectivity index (χ3v) is 4.56. The monoisotopic (exact) mass is 258 g/mol. The fourth-order valence-electron chi connectivity index (χ4n) is 1.23. The first-order chi connectivity index (χ1) is 7.66. The van der Waals surface area contributed by atoms with Gasteiger partial charge in [-0.1, -0.05) is 19.1 Å². The molecular weight excluding hydrogens is 244 g/mol. The molecule has 1 unspecified atom stereocenters. The molecule has 0 radical (unpaired) electrons. The van der Waals surface area contributed by atoms with Gasteiger partial charge in [0.1, 0.15) is 0 Å². The van der Waals surface area contributed by atoms with E-state index in [-0.39, 0.29) is 5.56 Å². The van der Waals surface area contributed by atoms with E-state index >= 15 is 0 Å². The second-order valence-electron chi connectivity index (χ2n) is 3.05. The molecule has 0 saturated carbocycles. The first-order valence-electron chi connectivity index (χ1n) is 4.95. The van der Waals surface area contributed by atoms with Gasteiger partial charge >= 0.3 is 5.97 Å². The molecule has 0 bridgehead atoms. The van der Waals surface area contributed by atoms with Crippen LogP contribution in [-0.2, 0) is 10.8 Å². The van der Waals surface area contributed by atoms with E-state index in [2.05, 4.69) is 0 Å². The van der Waals surface area contributed by atoms with Gasteiger partial charge in [-0.3, -0.25) is 4.21 Å². The highest BCUT2D eigenvalue weighted by Gasteiger charge is 2.13. The molecule has 0 heterocycles. The molecule has 88 valence electrons. The Hall–Kier alpha value is -0.810. The van der Waals surface area contributed by atoms with Crippen LogP contribution in [0.15, 0.2) is 29.2 Å². The fraction of sp³-hybridized carbons (Fsp3) is 0.364. The Balaban J connectivity index is 2.78. The van der Waals surface area contributed by atoms with Gasteiger partial charge in [0.25, 0.3) is 0 Å². The molecule has 3 nitrogen and oxygen atoms in total. The van der Waals surface area contributed by atoms with Gasteiger partial charge in [0.05, 0.1) is 21.3 Å². The molecule has 1 rings (SSSR count). The minimum absolute atomic E-state index is 0.141. The lowest BCUT2D eigenvalue weighted by Gasteiger charge is -2.05. The molecule has 0 fully saturated rings. The Bertz CT molecular complexity index is 391. The summed E-state index contributed by atoms with van der Waals surface area (Å²) in [7, 11) is -1.22. The number of rotatable bonds is 6. The molecule has 1 aromatic rings. The van der Waals surface area contributed by atoms with Crippen molar-refractivity contribution in [2.45, 2.75) is 11.8 Å². The first-order valence-corrected chi connectivity index (χ1v) is 7.42. The highest BCUT2D eigenvalue weighted by atomic mass is 32.2. The summed E-state index contributed by atoms with van der Waals surface area (Å²) in [5.41, 5.74) is 0.141. The minimum atomic E-state index is -1.22. The number of hydrogen-bond acceptors (Lipinski definition) is 3. The third kappa shape index (κ3) is 3.64. The van der Waals surface area contributed by atoms with Crippen LogP contribution >= 0.6 is 11.8 Å². The molecule has 1 aromatic carbocycles. The third-order valence-electron chi connectivity index (χ3n) is 1.98. The lowest BCUT2D eigenvalue weighted by molar-refractivity contribution is 0.0693. The summed E-state index contributed by atoms with van der Waals surface area (Å²) in [6.45, 7) is 2.04. The number of thioether (sulfide) groups is 1. The quantitative estimate of drug-likeness (QED) is 0.795. The van der Waals surface area contributed by atoms with Crippen molar-refractivity contribution in [2.24, 2.45) is 0 Å². The standard InChI is InChI=1S/C11H14O3S2/c1-2-15-7-8-16(14)10-6-4-3-5-9(10)11(12)13/h3-6H,2,7-8H2,1H3,(H,12,13). The van der Waals surface area contributed by atoms with Crippen molar-refractivity contribution in [1.29, 1.82) is 0 Å². The highest BCUT2D eigenvalue weighted by Crippen LogP contribution is 2.14. The maximum Gasteiger partial charge on any atom is 0.336 e. The van der Waals surface area contributed by atoms with Gasteiger partial charge in [0, 0.05) is 11.5 Å². The SMILES string of the molecule is CCSCCS(=O)c1ccccc1C(=O)O. The highest BCUT2D eigenvalue weighted by molar-refractivity contribution is 8.00. The topological polar surface area (TPSA) is 54.4 Å². The summed E-state index contributed by atoms with van der Waals surface area (Å²) >= 11 is 1.70. The van der Waals surface area contributed by atoms with Crippen LogP contribution in [0.25, 0.3) is 0 Å². The lowest BCUT2D eigenvalue weighted by Crippen LogP contribution is -2.07. The molecule has 0 aliphatic heterocycles. The summed E-state index contributed by atoms with van der Waals surface area (Å²) < 4.78 is 11.9. The molecule has 5 heteroatoms. The summed E-state index contributed by atoms with van der Waals surface area (Å²) in [5, 5.41) is 8.95. The van der Waals surface area contributed by atoms with Gasteiger partial charge in [-0.05, 0) is 17.9 Å². The van der Waals surface area contributed by atoms with Crippen LogP contribution in [0.2, 0.25) is 0 Å². The predicted octanol–water partition coefficient (Wildman–Crippen LogP) is 2.25. The van der Waals surface area contributed by atoms with Crippen molar-refractivity contribution in [3.05, 3.63) is 29.8 Å². The van der Waals surface area contributed by atoms with Crippen LogP contribution in [0.5, 0.6) is 0 Å². The van der Waals surface area contributed by atoms with Gasteiger partial charge in [0.2, 0.25) is 0 Å². The fourth-order valence-corrected chi connectivity index (χ4v) is 3.45. The largest absolute Gasteiger partial charge is 0.478 e. The Labute approximate surface area is 102 Å². The van der Waals surface area contributed by atoms with Crippen molar-refractivity contribution in [3.8, 4) is 0 Å². The number of benzene rings is 1. The number of hydrogen-bond donors (Lipinski definition) is 1. The van der Waals surface area contributed by atoms with Crippen LogP contribution in [0.1, 0.15) is 17.3 Å². The number of carboxylic acid groups (broad SMARTS) is 1. The van der Waals surface area contributed by atoms with E-state index in [1.807, 2.05) is 6.92 Å². The normalized spacial score (nSPS) is 12.3. The second-order valence-corrected chi connectivity index (χ2v) is 5.98. The molecular formula is C11H14O3S2. The number of carboxylic acids is 1. The molecule has 0 aromatic heterocycles. The van der Waals surface area contributed by atoms with Gasteiger partial charge in [0.15, 0.2) is 0 Å². The molecule has 16 heavy (non-hydrogen) atoms. The lowest BCUT2D eigenvalue weighted by atomic mass is 10.2. The van der Waals surface area contributed by atoms with E-state index in [1.54, 1.807) is 30.0 Å². The second kappa shape index (κ2) is 6.70. The molecule has 0 saturated heterocycles. The molecule has 0 amide bonds. The van der Waals surface area contributed by atoms with Crippen LogP contribution in [0.3, 0.4) is 0 Å². The maximum atomic E-state index is 11.9. The maximum absolute atomic E-state index is 11.9. The number of aromatic carboxylic acids is 1. The summed E-state index contributed by atoms with van der Waals surface area (Å²) in [6, 6.07) is 6.47. The molecule has 0 aliphatic carbocycles. The first kappa shape index (κ1) is 13.3. The van der Waals surface area contributed by atoms with Gasteiger partial charge in [-0.15, -0.1) is 0 Å². The van der Waals surface area contributed by atoms with E-state index in [1.165, 1.54) is 6.07 Å². The zero-order valence-electron chi connectivity index (χ0n) is 9.01. The summed E-state index contributed by atoms with van der Waals surface area (Å²) in [5.74, 6) is 1.25. The van der Waals surface area contributed by atoms with E-state index in [4.69, 9.17) is 5.11 Å².